The summed E-state index contributed by atoms with van der Waals surface area (Å²) in [5.74, 6) is -0.935. The van der Waals surface area contributed by atoms with Crippen molar-refractivity contribution in [2.45, 2.75) is 45.1 Å². The lowest BCUT2D eigenvalue weighted by molar-refractivity contribution is -0.135. The van der Waals surface area contributed by atoms with Crippen molar-refractivity contribution >= 4 is 29.5 Å². The number of carbonyl (C=O) groups excluding carboxylic acids is 4. The molecule has 2 N–H and O–H groups in total. The van der Waals surface area contributed by atoms with Crippen LogP contribution in [-0.2, 0) is 14.3 Å². The molecule has 28 heavy (non-hydrogen) atoms. The van der Waals surface area contributed by atoms with Gasteiger partial charge in [0.05, 0.1) is 17.9 Å². The Morgan fingerprint density at radius 1 is 1.25 bits per heavy atom. The summed E-state index contributed by atoms with van der Waals surface area (Å²) >= 11 is 0. The van der Waals surface area contributed by atoms with Gasteiger partial charge in [-0.3, -0.25) is 14.5 Å². The van der Waals surface area contributed by atoms with Crippen LogP contribution in [0.15, 0.2) is 24.3 Å². The molecule has 0 aromatic heterocycles. The maximum absolute atomic E-state index is 12.8. The Morgan fingerprint density at radius 3 is 2.61 bits per heavy atom. The van der Waals surface area contributed by atoms with E-state index in [0.717, 1.165) is 17.7 Å². The maximum Gasteiger partial charge on any atom is 0.340 e. The summed E-state index contributed by atoms with van der Waals surface area (Å²) in [4.78, 5) is 50.6. The van der Waals surface area contributed by atoms with E-state index in [9.17, 15) is 19.2 Å². The minimum atomic E-state index is -0.882. The molecular weight excluding hydrogens is 362 g/mol. The van der Waals surface area contributed by atoms with Crippen LogP contribution in [0.3, 0.4) is 0 Å². The predicted molar refractivity (Wildman–Crippen MR) is 102 cm³/mol. The quantitative estimate of drug-likeness (QED) is 0.596. The van der Waals surface area contributed by atoms with E-state index in [1.54, 1.807) is 31.2 Å². The first kappa shape index (κ1) is 19.9. The Hall–Kier alpha value is -2.90. The summed E-state index contributed by atoms with van der Waals surface area (Å²) < 4.78 is 4.98. The largest absolute Gasteiger partial charge is 0.462 e. The third-order valence-electron chi connectivity index (χ3n) is 5.37. The molecule has 1 aromatic rings. The topological polar surface area (TPSA) is 105 Å². The van der Waals surface area contributed by atoms with E-state index in [-0.39, 0.29) is 23.8 Å². The van der Waals surface area contributed by atoms with Gasteiger partial charge in [-0.05, 0) is 50.7 Å². The molecule has 0 unspecified atom stereocenters. The first-order valence-corrected chi connectivity index (χ1v) is 9.56. The Kier molecular flexibility index (Phi) is 5.67. The molecule has 1 saturated carbocycles. The standard InChI is InChI=1S/C20H25N3O5/c1-3-28-17(25)14-6-4-5-7-15(14)21-16(24)12-23-18(26)20(22-19(23)27)10-8-13(2)9-11-20/h4-7,13H,3,8-12H2,1-2H3,(H,21,24)(H,22,27). The van der Waals surface area contributed by atoms with Crippen molar-refractivity contribution in [1.29, 1.82) is 0 Å². The van der Waals surface area contributed by atoms with Crippen LogP contribution < -0.4 is 10.6 Å². The van der Waals surface area contributed by atoms with Gasteiger partial charge in [-0.2, -0.15) is 0 Å². The van der Waals surface area contributed by atoms with Crippen LogP contribution in [-0.4, -0.2) is 47.4 Å². The minimum Gasteiger partial charge on any atom is -0.462 e. The Morgan fingerprint density at radius 2 is 1.93 bits per heavy atom. The molecule has 4 amide bonds. The second kappa shape index (κ2) is 8.00. The van der Waals surface area contributed by atoms with Crippen molar-refractivity contribution in [2.75, 3.05) is 18.5 Å². The molecule has 1 aliphatic carbocycles. The van der Waals surface area contributed by atoms with E-state index in [1.165, 1.54) is 0 Å². The van der Waals surface area contributed by atoms with Crippen LogP contribution in [0.5, 0.6) is 0 Å². The number of benzene rings is 1. The molecule has 0 atom stereocenters. The lowest BCUT2D eigenvalue weighted by Gasteiger charge is -2.33. The number of ether oxygens (including phenoxy) is 1. The highest BCUT2D eigenvalue weighted by molar-refractivity contribution is 6.10. The van der Waals surface area contributed by atoms with Gasteiger partial charge in [-0.25, -0.2) is 9.59 Å². The van der Waals surface area contributed by atoms with E-state index >= 15 is 0 Å². The predicted octanol–water partition coefficient (Wildman–Crippen LogP) is 2.30. The van der Waals surface area contributed by atoms with Crippen molar-refractivity contribution in [2.24, 2.45) is 5.92 Å². The fraction of sp³-hybridized carbons (Fsp3) is 0.500. The molecule has 2 fully saturated rings. The lowest BCUT2D eigenvalue weighted by atomic mass is 9.77. The zero-order chi connectivity index (χ0) is 20.3. The number of hydrogen-bond donors (Lipinski definition) is 2. The van der Waals surface area contributed by atoms with Crippen molar-refractivity contribution in [1.82, 2.24) is 10.2 Å². The van der Waals surface area contributed by atoms with Gasteiger partial charge in [-0.15, -0.1) is 0 Å². The molecule has 8 nitrogen and oxygen atoms in total. The first-order valence-electron chi connectivity index (χ1n) is 9.56. The van der Waals surface area contributed by atoms with Gasteiger partial charge in [0.2, 0.25) is 5.91 Å². The van der Waals surface area contributed by atoms with Gasteiger partial charge in [0.25, 0.3) is 5.91 Å². The SMILES string of the molecule is CCOC(=O)c1ccccc1NC(=O)CN1C(=O)NC2(CCC(C)CC2)C1=O. The molecule has 3 rings (SSSR count). The zero-order valence-electron chi connectivity index (χ0n) is 16.1. The van der Waals surface area contributed by atoms with Crippen LogP contribution in [0.2, 0.25) is 0 Å². The number of nitrogens with zero attached hydrogens (tertiary/aromatic N) is 1. The summed E-state index contributed by atoms with van der Waals surface area (Å²) in [5.41, 5.74) is -0.390. The molecule has 1 aliphatic heterocycles. The number of urea groups is 1. The number of para-hydroxylation sites is 1. The van der Waals surface area contributed by atoms with Crippen molar-refractivity contribution in [3.05, 3.63) is 29.8 Å². The number of imide groups is 1. The van der Waals surface area contributed by atoms with Gasteiger partial charge in [-0.1, -0.05) is 19.1 Å². The minimum absolute atomic E-state index is 0.213. The van der Waals surface area contributed by atoms with Gasteiger partial charge >= 0.3 is 12.0 Å². The van der Waals surface area contributed by atoms with E-state index in [2.05, 4.69) is 17.6 Å². The van der Waals surface area contributed by atoms with E-state index in [4.69, 9.17) is 4.74 Å². The Bertz CT molecular complexity index is 799. The summed E-state index contributed by atoms with van der Waals surface area (Å²) in [6, 6.07) is 5.89. The summed E-state index contributed by atoms with van der Waals surface area (Å²) in [6.07, 6.45) is 2.89. The second-order valence-corrected chi connectivity index (χ2v) is 7.40. The average Bonchev–Trinajstić information content (AvgIpc) is 2.89. The molecule has 0 bridgehead atoms. The van der Waals surface area contributed by atoms with Gasteiger partial charge in [0, 0.05) is 0 Å². The molecule has 1 spiro atoms. The highest BCUT2D eigenvalue weighted by atomic mass is 16.5. The smallest absolute Gasteiger partial charge is 0.340 e. The van der Waals surface area contributed by atoms with Crippen LogP contribution >= 0.6 is 0 Å². The van der Waals surface area contributed by atoms with E-state index in [0.29, 0.717) is 18.8 Å². The number of carbonyl (C=O) groups is 4. The van der Waals surface area contributed by atoms with E-state index < -0.39 is 30.0 Å². The normalized spacial score (nSPS) is 24.2. The van der Waals surface area contributed by atoms with Crippen LogP contribution in [0.1, 0.15) is 49.9 Å². The number of nitrogens with one attached hydrogen (secondary N) is 2. The molecule has 8 heteroatoms. The molecule has 1 heterocycles. The van der Waals surface area contributed by atoms with Crippen LogP contribution in [0, 0.1) is 5.92 Å². The summed E-state index contributed by atoms with van der Waals surface area (Å²) in [7, 11) is 0. The number of rotatable bonds is 5. The van der Waals surface area contributed by atoms with Crippen molar-refractivity contribution in [3.63, 3.8) is 0 Å². The van der Waals surface area contributed by atoms with Crippen molar-refractivity contribution in [3.8, 4) is 0 Å². The van der Waals surface area contributed by atoms with Gasteiger partial charge in [0.1, 0.15) is 12.1 Å². The van der Waals surface area contributed by atoms with Gasteiger partial charge in [0.15, 0.2) is 0 Å². The molecular formula is C20H25N3O5. The fourth-order valence-electron chi connectivity index (χ4n) is 3.73. The molecule has 2 aliphatic rings. The highest BCUT2D eigenvalue weighted by Crippen LogP contribution is 2.36. The van der Waals surface area contributed by atoms with Crippen LogP contribution in [0.4, 0.5) is 10.5 Å². The Labute approximate surface area is 163 Å². The van der Waals surface area contributed by atoms with Crippen molar-refractivity contribution < 1.29 is 23.9 Å². The molecule has 0 radical (unpaired) electrons. The van der Waals surface area contributed by atoms with E-state index in [1.807, 2.05) is 0 Å². The highest BCUT2D eigenvalue weighted by Gasteiger charge is 2.52. The van der Waals surface area contributed by atoms with Crippen LogP contribution in [0.25, 0.3) is 0 Å². The molecule has 1 saturated heterocycles. The lowest BCUT2D eigenvalue weighted by Crippen LogP contribution is -2.49. The maximum atomic E-state index is 12.8. The monoisotopic (exact) mass is 387 g/mol. The number of esters is 1. The number of anilines is 1. The van der Waals surface area contributed by atoms with Gasteiger partial charge < -0.3 is 15.4 Å². The molecule has 150 valence electrons. The number of hydrogen-bond acceptors (Lipinski definition) is 5. The third-order valence-corrected chi connectivity index (χ3v) is 5.37. The molecule has 1 aromatic carbocycles. The third kappa shape index (κ3) is 3.85. The fourth-order valence-corrected chi connectivity index (χ4v) is 3.73. The first-order chi connectivity index (χ1) is 13.4. The zero-order valence-corrected chi connectivity index (χ0v) is 16.1. The summed E-state index contributed by atoms with van der Waals surface area (Å²) in [6.45, 7) is 3.63. The summed E-state index contributed by atoms with van der Waals surface area (Å²) in [5, 5.41) is 5.39. The Balaban J connectivity index is 1.68. The second-order valence-electron chi connectivity index (χ2n) is 7.40. The number of amides is 4. The average molecular weight is 387 g/mol.